The normalized spacial score (nSPS) is 13.1. The van der Waals surface area contributed by atoms with Crippen molar-refractivity contribution >= 4 is 50.7 Å². The summed E-state index contributed by atoms with van der Waals surface area (Å²) in [7, 11) is -3.68. The van der Waals surface area contributed by atoms with Gasteiger partial charge in [-0.25, -0.2) is 8.42 Å². The number of aryl methyl sites for hydroxylation is 1. The summed E-state index contributed by atoms with van der Waals surface area (Å²) in [4.78, 5) is 28.2. The largest absolute Gasteiger partial charge is 0.352 e. The predicted molar refractivity (Wildman–Crippen MR) is 152 cm³/mol. The first kappa shape index (κ1) is 30.9. The highest BCUT2D eigenvalue weighted by Gasteiger charge is 2.29. The Labute approximate surface area is 231 Å². The summed E-state index contributed by atoms with van der Waals surface area (Å²) < 4.78 is 26.2. The van der Waals surface area contributed by atoms with E-state index in [4.69, 9.17) is 23.2 Å². The molecule has 2 rings (SSSR count). The maximum atomic E-state index is 13.5. The van der Waals surface area contributed by atoms with Gasteiger partial charge in [0, 0.05) is 30.6 Å². The summed E-state index contributed by atoms with van der Waals surface area (Å²) in [6.07, 6.45) is 2.61. The Balaban J connectivity index is 2.26. The minimum absolute atomic E-state index is 0.0109. The topological polar surface area (TPSA) is 86.8 Å². The molecule has 0 heterocycles. The van der Waals surface area contributed by atoms with Crippen LogP contribution in [0, 0.1) is 6.92 Å². The van der Waals surface area contributed by atoms with Crippen LogP contribution in [0.4, 0.5) is 5.69 Å². The monoisotopic (exact) mass is 569 g/mol. The molecule has 0 fully saturated rings. The van der Waals surface area contributed by atoms with Gasteiger partial charge in [-0.1, -0.05) is 66.9 Å². The number of nitrogens with one attached hydrogen (secondary N) is 1. The van der Waals surface area contributed by atoms with Crippen LogP contribution in [0.5, 0.6) is 0 Å². The van der Waals surface area contributed by atoms with Gasteiger partial charge in [0.05, 0.1) is 17.0 Å². The van der Waals surface area contributed by atoms with Gasteiger partial charge in [-0.2, -0.15) is 0 Å². The molecule has 2 amide bonds. The number of hydrogen-bond donors (Lipinski definition) is 1. The van der Waals surface area contributed by atoms with Gasteiger partial charge in [0.15, 0.2) is 0 Å². The maximum absolute atomic E-state index is 13.5. The van der Waals surface area contributed by atoms with E-state index in [1.165, 1.54) is 12.1 Å². The lowest BCUT2D eigenvalue weighted by Crippen LogP contribution is -2.50. The molecule has 10 heteroatoms. The van der Waals surface area contributed by atoms with Gasteiger partial charge >= 0.3 is 0 Å². The van der Waals surface area contributed by atoms with Crippen molar-refractivity contribution in [3.8, 4) is 0 Å². The molecule has 0 aromatic heterocycles. The van der Waals surface area contributed by atoms with E-state index in [1.54, 1.807) is 11.0 Å². The van der Waals surface area contributed by atoms with Gasteiger partial charge in [0.1, 0.15) is 6.04 Å². The molecule has 0 aliphatic heterocycles. The molecule has 1 N–H and O–H groups in total. The molecule has 2 aromatic rings. The number of rotatable bonds is 13. The van der Waals surface area contributed by atoms with E-state index in [2.05, 4.69) is 5.32 Å². The van der Waals surface area contributed by atoms with Crippen molar-refractivity contribution in [3.05, 3.63) is 63.6 Å². The quantitative estimate of drug-likeness (QED) is 0.341. The first-order valence-electron chi connectivity index (χ1n) is 12.5. The number of nitrogens with zero attached hydrogens (tertiary/aromatic N) is 2. The molecule has 2 atom stereocenters. The molecule has 0 saturated heterocycles. The second kappa shape index (κ2) is 14.0. The highest BCUT2D eigenvalue weighted by Crippen LogP contribution is 2.31. The van der Waals surface area contributed by atoms with E-state index in [-0.39, 0.29) is 54.5 Å². The molecule has 0 saturated carbocycles. The molecular formula is C27H37Cl2N3O4S. The molecule has 204 valence electrons. The van der Waals surface area contributed by atoms with E-state index < -0.39 is 16.1 Å². The van der Waals surface area contributed by atoms with Crippen molar-refractivity contribution in [3.63, 3.8) is 0 Å². The molecule has 0 aliphatic rings. The summed E-state index contributed by atoms with van der Waals surface area (Å²) in [5.74, 6) is -0.417. The number of carbonyl (C=O) groups is 2. The van der Waals surface area contributed by atoms with Crippen LogP contribution in [0.3, 0.4) is 0 Å². The zero-order valence-corrected chi connectivity index (χ0v) is 24.5. The van der Waals surface area contributed by atoms with Crippen molar-refractivity contribution < 1.29 is 18.0 Å². The number of benzene rings is 2. The minimum atomic E-state index is -3.68. The van der Waals surface area contributed by atoms with Crippen molar-refractivity contribution in [1.82, 2.24) is 10.2 Å². The summed E-state index contributed by atoms with van der Waals surface area (Å²) in [6.45, 7) is 8.09. The summed E-state index contributed by atoms with van der Waals surface area (Å²) >= 11 is 12.3. The van der Waals surface area contributed by atoms with Crippen molar-refractivity contribution in [2.24, 2.45) is 0 Å². The lowest BCUT2D eigenvalue weighted by Gasteiger charge is -2.32. The molecule has 7 nitrogen and oxygen atoms in total. The lowest BCUT2D eigenvalue weighted by atomic mass is 10.1. The fourth-order valence-electron chi connectivity index (χ4n) is 4.03. The molecule has 0 radical (unpaired) electrons. The van der Waals surface area contributed by atoms with Gasteiger partial charge in [-0.3, -0.25) is 13.9 Å². The van der Waals surface area contributed by atoms with E-state index in [1.807, 2.05) is 52.0 Å². The number of sulfonamides is 1. The third-order valence-electron chi connectivity index (χ3n) is 6.15. The number of amides is 2. The third-order valence-corrected chi connectivity index (χ3v) is 7.89. The average Bonchev–Trinajstić information content (AvgIpc) is 2.82. The van der Waals surface area contributed by atoms with Crippen LogP contribution in [0.15, 0.2) is 42.5 Å². The number of carbonyl (C=O) groups excluding carboxylic acids is 2. The number of hydrogen-bond acceptors (Lipinski definition) is 4. The van der Waals surface area contributed by atoms with Gasteiger partial charge in [0.2, 0.25) is 21.8 Å². The molecule has 0 bridgehead atoms. The molecular weight excluding hydrogens is 533 g/mol. The predicted octanol–water partition coefficient (Wildman–Crippen LogP) is 5.57. The zero-order valence-electron chi connectivity index (χ0n) is 22.1. The summed E-state index contributed by atoms with van der Waals surface area (Å²) in [6, 6.07) is 11.8. The summed E-state index contributed by atoms with van der Waals surface area (Å²) in [5.41, 5.74) is 2.25. The van der Waals surface area contributed by atoms with E-state index >= 15 is 0 Å². The van der Waals surface area contributed by atoms with Gasteiger partial charge in [0.25, 0.3) is 0 Å². The van der Waals surface area contributed by atoms with Crippen molar-refractivity contribution in [2.45, 2.75) is 72.0 Å². The van der Waals surface area contributed by atoms with Crippen LogP contribution in [0.25, 0.3) is 0 Å². The van der Waals surface area contributed by atoms with E-state index in [9.17, 15) is 18.0 Å². The Hall–Kier alpha value is -2.29. The second-order valence-corrected chi connectivity index (χ2v) is 12.0. The van der Waals surface area contributed by atoms with Crippen molar-refractivity contribution in [1.29, 1.82) is 0 Å². The van der Waals surface area contributed by atoms with Crippen LogP contribution < -0.4 is 9.62 Å². The van der Waals surface area contributed by atoms with Crippen LogP contribution in [-0.4, -0.2) is 50.0 Å². The van der Waals surface area contributed by atoms with Gasteiger partial charge in [-0.05, 0) is 56.9 Å². The first-order valence-corrected chi connectivity index (χ1v) is 15.1. The fourth-order valence-corrected chi connectivity index (χ4v) is 5.43. The first-order chi connectivity index (χ1) is 17.4. The van der Waals surface area contributed by atoms with Gasteiger partial charge < -0.3 is 10.2 Å². The molecule has 0 spiro atoms. The second-order valence-electron chi connectivity index (χ2n) is 9.29. The molecule has 37 heavy (non-hydrogen) atoms. The smallest absolute Gasteiger partial charge is 0.243 e. The Morgan fingerprint density at radius 2 is 1.76 bits per heavy atom. The maximum Gasteiger partial charge on any atom is 0.243 e. The SMILES string of the molecule is CC[C@H](C)NC(=O)[C@H](CC)N(Cc1cccc(C)c1)C(=O)CCCN(c1cc(Cl)ccc1Cl)S(C)(=O)=O. The number of anilines is 1. The Morgan fingerprint density at radius 1 is 1.05 bits per heavy atom. The van der Waals surface area contributed by atoms with Crippen molar-refractivity contribution in [2.75, 3.05) is 17.1 Å². The van der Waals surface area contributed by atoms with Crippen LogP contribution in [0.1, 0.15) is 57.6 Å². The number of halogens is 2. The Bertz CT molecular complexity index is 1190. The van der Waals surface area contributed by atoms with E-state index in [0.29, 0.717) is 11.4 Å². The van der Waals surface area contributed by atoms with E-state index in [0.717, 1.165) is 28.1 Å². The Kier molecular flexibility index (Phi) is 11.7. The molecule has 2 aromatic carbocycles. The zero-order chi connectivity index (χ0) is 27.8. The van der Waals surface area contributed by atoms with Crippen LogP contribution >= 0.6 is 23.2 Å². The van der Waals surface area contributed by atoms with Crippen LogP contribution in [0.2, 0.25) is 10.0 Å². The van der Waals surface area contributed by atoms with Gasteiger partial charge in [-0.15, -0.1) is 0 Å². The Morgan fingerprint density at radius 3 is 2.35 bits per heavy atom. The minimum Gasteiger partial charge on any atom is -0.352 e. The summed E-state index contributed by atoms with van der Waals surface area (Å²) in [5, 5.41) is 3.59. The molecule has 0 aliphatic carbocycles. The molecule has 0 unspecified atom stereocenters. The van der Waals surface area contributed by atoms with Crippen LogP contribution in [-0.2, 0) is 26.2 Å². The average molecular weight is 571 g/mol. The highest BCUT2D eigenvalue weighted by atomic mass is 35.5. The third kappa shape index (κ3) is 9.20. The fraction of sp³-hybridized carbons (Fsp3) is 0.481. The lowest BCUT2D eigenvalue weighted by molar-refractivity contribution is -0.141. The standard InChI is InChI=1S/C27H37Cl2N3O4S/c1-6-20(4)30-27(34)24(7-2)31(18-21-11-8-10-19(3)16-21)26(33)12-9-15-32(37(5,35)36)25-17-22(28)13-14-23(25)29/h8,10-11,13-14,16-17,20,24H,6-7,9,12,15,18H2,1-5H3,(H,30,34)/t20-,24-/m0/s1. The highest BCUT2D eigenvalue weighted by molar-refractivity contribution is 7.92.